The molecule has 0 saturated carbocycles. The molecule has 1 aromatic carbocycles. The van der Waals surface area contributed by atoms with E-state index in [4.69, 9.17) is 0 Å². The fraction of sp³-hybridized carbons (Fsp3) is 0.438. The Bertz CT molecular complexity index is 545. The van der Waals surface area contributed by atoms with Gasteiger partial charge in [0, 0.05) is 12.0 Å². The highest BCUT2D eigenvalue weighted by Crippen LogP contribution is 2.22. The van der Waals surface area contributed by atoms with E-state index in [2.05, 4.69) is 36.9 Å². The molecule has 0 radical (unpaired) electrons. The molecule has 1 rings (SSSR count). The molecule has 0 spiro atoms. The fourth-order valence-corrected chi connectivity index (χ4v) is 1.66. The normalized spacial score (nSPS) is 10.7. The van der Waals surface area contributed by atoms with Crippen LogP contribution in [0.25, 0.3) is 0 Å². The molecular formula is C16H23N3O3. The smallest absolute Gasteiger partial charge is 0.257 e. The summed E-state index contributed by atoms with van der Waals surface area (Å²) in [5.41, 5.74) is 6.08. The second-order valence-corrected chi connectivity index (χ2v) is 5.96. The van der Waals surface area contributed by atoms with Gasteiger partial charge in [-0.05, 0) is 23.1 Å². The Kier molecular flexibility index (Phi) is 6.10. The van der Waals surface area contributed by atoms with Crippen LogP contribution in [0.4, 0.5) is 0 Å². The quantitative estimate of drug-likeness (QED) is 0.732. The predicted molar refractivity (Wildman–Crippen MR) is 84.1 cm³/mol. The molecule has 0 aliphatic carbocycles. The van der Waals surface area contributed by atoms with Crippen molar-refractivity contribution < 1.29 is 14.4 Å². The number of nitrogens with one attached hydrogen (secondary N) is 3. The van der Waals surface area contributed by atoms with Crippen molar-refractivity contribution in [1.82, 2.24) is 16.2 Å². The second-order valence-electron chi connectivity index (χ2n) is 5.96. The van der Waals surface area contributed by atoms with E-state index in [1.54, 1.807) is 19.1 Å². The van der Waals surface area contributed by atoms with E-state index in [1.165, 1.54) is 0 Å². The van der Waals surface area contributed by atoms with Gasteiger partial charge in [-0.15, -0.1) is 0 Å². The van der Waals surface area contributed by atoms with Gasteiger partial charge in [0.25, 0.3) is 11.8 Å². The molecule has 6 heteroatoms. The van der Waals surface area contributed by atoms with Crippen LogP contribution in [-0.2, 0) is 15.0 Å². The summed E-state index contributed by atoms with van der Waals surface area (Å²) in [4.78, 5) is 34.3. The maximum Gasteiger partial charge on any atom is 0.257 e. The lowest BCUT2D eigenvalue weighted by molar-refractivity contribution is -0.128. The van der Waals surface area contributed by atoms with Gasteiger partial charge in [-0.2, -0.15) is 0 Å². The first-order valence-electron chi connectivity index (χ1n) is 7.20. The van der Waals surface area contributed by atoms with Crippen molar-refractivity contribution in [2.45, 2.75) is 39.5 Å². The van der Waals surface area contributed by atoms with Crippen molar-refractivity contribution in [2.24, 2.45) is 0 Å². The fourth-order valence-electron chi connectivity index (χ4n) is 1.66. The van der Waals surface area contributed by atoms with Gasteiger partial charge in [0.15, 0.2) is 0 Å². The summed E-state index contributed by atoms with van der Waals surface area (Å²) in [6.45, 7) is 7.75. The Hall–Kier alpha value is -2.37. The van der Waals surface area contributed by atoms with Crippen LogP contribution in [0, 0.1) is 0 Å². The van der Waals surface area contributed by atoms with Crippen molar-refractivity contribution in [3.8, 4) is 0 Å². The molecule has 0 aromatic heterocycles. The number of amides is 3. The lowest BCUT2D eigenvalue weighted by Gasteiger charge is -2.19. The molecule has 0 fully saturated rings. The lowest BCUT2D eigenvalue weighted by atomic mass is 9.87. The van der Waals surface area contributed by atoms with Crippen molar-refractivity contribution in [2.75, 3.05) is 6.54 Å². The molecule has 0 heterocycles. The van der Waals surface area contributed by atoms with Crippen molar-refractivity contribution in [3.63, 3.8) is 0 Å². The van der Waals surface area contributed by atoms with Crippen LogP contribution in [-0.4, -0.2) is 24.3 Å². The molecule has 22 heavy (non-hydrogen) atoms. The molecule has 0 atom stereocenters. The van der Waals surface area contributed by atoms with Crippen molar-refractivity contribution >= 4 is 17.7 Å². The third-order valence-electron chi connectivity index (χ3n) is 3.09. The Morgan fingerprint density at radius 3 is 2.00 bits per heavy atom. The van der Waals surface area contributed by atoms with E-state index in [-0.39, 0.29) is 30.2 Å². The van der Waals surface area contributed by atoms with E-state index < -0.39 is 5.91 Å². The maximum atomic E-state index is 11.9. The molecular weight excluding hydrogens is 282 g/mol. The lowest BCUT2D eigenvalue weighted by Crippen LogP contribution is -2.46. The minimum absolute atomic E-state index is 0.0202. The van der Waals surface area contributed by atoms with Gasteiger partial charge in [0.1, 0.15) is 0 Å². The number of carbonyl (C=O) groups is 3. The first kappa shape index (κ1) is 17.7. The van der Waals surface area contributed by atoms with Gasteiger partial charge in [-0.25, -0.2) is 0 Å². The van der Waals surface area contributed by atoms with E-state index >= 15 is 0 Å². The Labute approximate surface area is 130 Å². The zero-order valence-corrected chi connectivity index (χ0v) is 13.4. The number of carbonyl (C=O) groups excluding carboxylic acids is 3. The number of hydrogen-bond donors (Lipinski definition) is 3. The Morgan fingerprint density at radius 1 is 0.955 bits per heavy atom. The zero-order valence-electron chi connectivity index (χ0n) is 13.4. The van der Waals surface area contributed by atoms with Crippen LogP contribution in [0.1, 0.15) is 50.0 Å². The van der Waals surface area contributed by atoms with Crippen LogP contribution in [0.5, 0.6) is 0 Å². The summed E-state index contributed by atoms with van der Waals surface area (Å²) < 4.78 is 0. The van der Waals surface area contributed by atoms with Crippen molar-refractivity contribution in [1.29, 1.82) is 0 Å². The maximum absolute atomic E-state index is 11.9. The highest BCUT2D eigenvalue weighted by atomic mass is 16.2. The first-order chi connectivity index (χ1) is 10.2. The van der Waals surface area contributed by atoms with Gasteiger partial charge >= 0.3 is 0 Å². The van der Waals surface area contributed by atoms with E-state index in [0.29, 0.717) is 5.56 Å². The van der Waals surface area contributed by atoms with Crippen LogP contribution < -0.4 is 16.2 Å². The van der Waals surface area contributed by atoms with Gasteiger partial charge in [-0.1, -0.05) is 39.8 Å². The molecule has 3 amide bonds. The van der Waals surface area contributed by atoms with Gasteiger partial charge in [0.05, 0.1) is 6.54 Å². The van der Waals surface area contributed by atoms with Crippen molar-refractivity contribution in [3.05, 3.63) is 35.4 Å². The standard InChI is InChI=1S/C16H23N3O3/c1-5-13(20)18-19-14(21)10-17-15(22)11-6-8-12(9-7-11)16(2,3)4/h6-9H,5,10H2,1-4H3,(H,17,22)(H,18,20)(H,19,21). The topological polar surface area (TPSA) is 87.3 Å². The molecule has 0 aliphatic heterocycles. The molecule has 3 N–H and O–H groups in total. The van der Waals surface area contributed by atoms with E-state index in [9.17, 15) is 14.4 Å². The summed E-state index contributed by atoms with van der Waals surface area (Å²) >= 11 is 0. The van der Waals surface area contributed by atoms with Gasteiger partial charge in [0.2, 0.25) is 5.91 Å². The molecule has 0 unspecified atom stereocenters. The molecule has 1 aromatic rings. The van der Waals surface area contributed by atoms with Crippen LogP contribution in [0.2, 0.25) is 0 Å². The first-order valence-corrected chi connectivity index (χ1v) is 7.20. The average Bonchev–Trinajstić information content (AvgIpc) is 2.49. The monoisotopic (exact) mass is 305 g/mol. The van der Waals surface area contributed by atoms with E-state index in [0.717, 1.165) is 5.56 Å². The van der Waals surface area contributed by atoms with Crippen LogP contribution in [0.15, 0.2) is 24.3 Å². The second kappa shape index (κ2) is 7.59. The highest BCUT2D eigenvalue weighted by molar-refractivity contribution is 5.96. The molecule has 0 saturated heterocycles. The number of hydrazine groups is 1. The van der Waals surface area contributed by atoms with E-state index in [1.807, 2.05) is 12.1 Å². The molecule has 0 bridgehead atoms. The number of benzene rings is 1. The average molecular weight is 305 g/mol. The summed E-state index contributed by atoms with van der Waals surface area (Å²) in [7, 11) is 0. The van der Waals surface area contributed by atoms with Crippen LogP contribution in [0.3, 0.4) is 0 Å². The van der Waals surface area contributed by atoms with Gasteiger partial charge in [-0.3, -0.25) is 25.2 Å². The minimum Gasteiger partial charge on any atom is -0.343 e. The third-order valence-corrected chi connectivity index (χ3v) is 3.09. The minimum atomic E-state index is -0.485. The summed E-state index contributed by atoms with van der Waals surface area (Å²) in [5.74, 6) is -1.11. The Balaban J connectivity index is 2.49. The summed E-state index contributed by atoms with van der Waals surface area (Å²) in [5, 5.41) is 2.50. The van der Waals surface area contributed by atoms with Crippen LogP contribution >= 0.6 is 0 Å². The molecule has 0 aliphatic rings. The third kappa shape index (κ3) is 5.55. The van der Waals surface area contributed by atoms with Gasteiger partial charge < -0.3 is 5.32 Å². The summed E-state index contributed by atoms with van der Waals surface area (Å²) in [6, 6.07) is 7.26. The predicted octanol–water partition coefficient (Wildman–Crippen LogP) is 1.27. The number of hydrogen-bond acceptors (Lipinski definition) is 3. The molecule has 6 nitrogen and oxygen atoms in total. The number of rotatable bonds is 4. The highest BCUT2D eigenvalue weighted by Gasteiger charge is 2.14. The SMILES string of the molecule is CCC(=O)NNC(=O)CNC(=O)c1ccc(C(C)(C)C)cc1. The Morgan fingerprint density at radius 2 is 1.50 bits per heavy atom. The summed E-state index contributed by atoms with van der Waals surface area (Å²) in [6.07, 6.45) is 0.271. The zero-order chi connectivity index (χ0) is 16.8. The molecule has 120 valence electrons. The largest absolute Gasteiger partial charge is 0.343 e.